The first-order valence-electron chi connectivity index (χ1n) is 6.15. The SMILES string of the molecule is CO[Si](CC(C)C)(OC)OCNc1ccccc1. The number of hydrogen-bond donors (Lipinski definition) is 1. The van der Waals surface area contributed by atoms with Crippen LogP contribution in [0.4, 0.5) is 5.69 Å². The van der Waals surface area contributed by atoms with Crippen molar-refractivity contribution in [1.82, 2.24) is 0 Å². The van der Waals surface area contributed by atoms with Crippen molar-refractivity contribution in [1.29, 1.82) is 0 Å². The Bertz CT molecular complexity index is 328. The second-order valence-electron chi connectivity index (χ2n) is 4.52. The van der Waals surface area contributed by atoms with Crippen LogP contribution in [-0.2, 0) is 13.3 Å². The molecule has 4 nitrogen and oxygen atoms in total. The predicted octanol–water partition coefficient (Wildman–Crippen LogP) is 2.96. The zero-order valence-corrected chi connectivity index (χ0v) is 12.6. The van der Waals surface area contributed by atoms with E-state index in [0.717, 1.165) is 11.7 Å². The molecule has 0 aliphatic heterocycles. The molecule has 1 aromatic rings. The molecule has 1 aromatic carbocycles. The van der Waals surface area contributed by atoms with Crippen LogP contribution in [0.25, 0.3) is 0 Å². The summed E-state index contributed by atoms with van der Waals surface area (Å²) in [5.41, 5.74) is 1.03. The van der Waals surface area contributed by atoms with Crippen molar-refractivity contribution in [3.8, 4) is 0 Å². The Labute approximate surface area is 111 Å². The standard InChI is InChI=1S/C13H23NO3Si/c1-12(2)10-18(15-3,16-4)17-11-14-13-8-6-5-7-9-13/h5-9,12,14H,10-11H2,1-4H3. The summed E-state index contributed by atoms with van der Waals surface area (Å²) in [5, 5.41) is 3.19. The molecule has 0 saturated heterocycles. The fourth-order valence-electron chi connectivity index (χ4n) is 1.71. The molecule has 0 aliphatic carbocycles. The van der Waals surface area contributed by atoms with Gasteiger partial charge in [0.1, 0.15) is 6.73 Å². The summed E-state index contributed by atoms with van der Waals surface area (Å²) in [6.45, 7) is 4.66. The van der Waals surface area contributed by atoms with Crippen molar-refractivity contribution in [3.63, 3.8) is 0 Å². The van der Waals surface area contributed by atoms with Gasteiger partial charge in [-0.05, 0) is 18.1 Å². The molecule has 0 fully saturated rings. The number of hydrogen-bond acceptors (Lipinski definition) is 4. The normalized spacial score (nSPS) is 11.8. The Balaban J connectivity index is 2.47. The van der Waals surface area contributed by atoms with Gasteiger partial charge in [-0.3, -0.25) is 0 Å². The van der Waals surface area contributed by atoms with E-state index in [-0.39, 0.29) is 0 Å². The second-order valence-corrected chi connectivity index (χ2v) is 7.40. The van der Waals surface area contributed by atoms with Crippen molar-refractivity contribution < 1.29 is 13.3 Å². The highest BCUT2D eigenvalue weighted by Crippen LogP contribution is 2.19. The Kier molecular flexibility index (Phi) is 6.35. The zero-order valence-electron chi connectivity index (χ0n) is 11.6. The van der Waals surface area contributed by atoms with E-state index in [0.29, 0.717) is 12.6 Å². The van der Waals surface area contributed by atoms with Gasteiger partial charge in [0.15, 0.2) is 0 Å². The summed E-state index contributed by atoms with van der Waals surface area (Å²) >= 11 is 0. The number of rotatable bonds is 8. The molecule has 0 saturated carbocycles. The number of anilines is 1. The molecule has 5 heteroatoms. The van der Waals surface area contributed by atoms with E-state index in [1.165, 1.54) is 0 Å². The monoisotopic (exact) mass is 269 g/mol. The van der Waals surface area contributed by atoms with E-state index in [1.54, 1.807) is 14.2 Å². The lowest BCUT2D eigenvalue weighted by Gasteiger charge is -2.28. The van der Waals surface area contributed by atoms with Crippen molar-refractivity contribution >= 4 is 14.5 Å². The van der Waals surface area contributed by atoms with Crippen LogP contribution < -0.4 is 5.32 Å². The van der Waals surface area contributed by atoms with Gasteiger partial charge in [-0.25, -0.2) is 0 Å². The first-order valence-corrected chi connectivity index (χ1v) is 8.08. The molecule has 102 valence electrons. The van der Waals surface area contributed by atoms with Gasteiger partial charge in [-0.2, -0.15) is 0 Å². The van der Waals surface area contributed by atoms with Gasteiger partial charge in [0, 0.05) is 26.0 Å². The largest absolute Gasteiger partial charge is 0.502 e. The van der Waals surface area contributed by atoms with Gasteiger partial charge in [0.05, 0.1) is 0 Å². The van der Waals surface area contributed by atoms with E-state index in [4.69, 9.17) is 13.3 Å². The summed E-state index contributed by atoms with van der Waals surface area (Å²) in [4.78, 5) is 0. The molecule has 0 unspecified atom stereocenters. The van der Waals surface area contributed by atoms with Gasteiger partial charge in [0.2, 0.25) is 0 Å². The zero-order chi connectivity index (χ0) is 13.4. The molecule has 1 rings (SSSR count). The van der Waals surface area contributed by atoms with Gasteiger partial charge in [-0.1, -0.05) is 32.0 Å². The fraction of sp³-hybridized carbons (Fsp3) is 0.538. The average Bonchev–Trinajstić information content (AvgIpc) is 2.38. The van der Waals surface area contributed by atoms with Crippen LogP contribution in [-0.4, -0.2) is 29.8 Å². The summed E-state index contributed by atoms with van der Waals surface area (Å²) < 4.78 is 16.8. The lowest BCUT2D eigenvalue weighted by atomic mass is 10.3. The molecule has 1 N–H and O–H groups in total. The number of benzene rings is 1. The smallest absolute Gasteiger partial charge is 0.377 e. The van der Waals surface area contributed by atoms with Crippen molar-refractivity contribution in [2.75, 3.05) is 26.3 Å². The molecule has 0 amide bonds. The quantitative estimate of drug-likeness (QED) is 0.582. The summed E-state index contributed by atoms with van der Waals surface area (Å²) in [6.07, 6.45) is 0. The van der Waals surface area contributed by atoms with Crippen LogP contribution in [0.15, 0.2) is 30.3 Å². The summed E-state index contributed by atoms with van der Waals surface area (Å²) in [7, 11) is 0.784. The average molecular weight is 269 g/mol. The fourth-order valence-corrected chi connectivity index (χ4v) is 3.86. The molecule has 18 heavy (non-hydrogen) atoms. The van der Waals surface area contributed by atoms with Crippen LogP contribution in [0.3, 0.4) is 0 Å². The second kappa shape index (κ2) is 7.53. The van der Waals surface area contributed by atoms with E-state index in [2.05, 4.69) is 19.2 Å². The first-order chi connectivity index (χ1) is 8.62. The van der Waals surface area contributed by atoms with Crippen LogP contribution in [0, 0.1) is 5.92 Å². The predicted molar refractivity (Wildman–Crippen MR) is 75.4 cm³/mol. The Morgan fingerprint density at radius 3 is 2.22 bits per heavy atom. The number of para-hydroxylation sites is 1. The highest BCUT2D eigenvalue weighted by molar-refractivity contribution is 6.60. The van der Waals surface area contributed by atoms with E-state index < -0.39 is 8.80 Å². The first kappa shape index (κ1) is 15.2. The third-order valence-corrected chi connectivity index (χ3v) is 5.77. The molecule has 0 atom stereocenters. The maximum Gasteiger partial charge on any atom is 0.502 e. The summed E-state index contributed by atoms with van der Waals surface area (Å²) in [6, 6.07) is 10.7. The third-order valence-electron chi connectivity index (χ3n) is 2.62. The van der Waals surface area contributed by atoms with Gasteiger partial charge in [-0.15, -0.1) is 0 Å². The van der Waals surface area contributed by atoms with E-state index >= 15 is 0 Å². The lowest BCUT2D eigenvalue weighted by molar-refractivity contribution is 0.102. The Morgan fingerprint density at radius 1 is 1.11 bits per heavy atom. The minimum absolute atomic E-state index is 0.393. The Morgan fingerprint density at radius 2 is 1.72 bits per heavy atom. The molecule has 0 bridgehead atoms. The van der Waals surface area contributed by atoms with Crippen molar-refractivity contribution in [2.24, 2.45) is 5.92 Å². The van der Waals surface area contributed by atoms with E-state index in [1.807, 2.05) is 30.3 Å². The van der Waals surface area contributed by atoms with Crippen LogP contribution in [0.1, 0.15) is 13.8 Å². The van der Waals surface area contributed by atoms with Crippen LogP contribution >= 0.6 is 0 Å². The topological polar surface area (TPSA) is 39.7 Å². The lowest BCUT2D eigenvalue weighted by Crippen LogP contribution is -2.46. The molecule has 0 aliphatic rings. The van der Waals surface area contributed by atoms with Gasteiger partial charge >= 0.3 is 8.80 Å². The van der Waals surface area contributed by atoms with Crippen molar-refractivity contribution in [2.45, 2.75) is 19.9 Å². The highest BCUT2D eigenvalue weighted by atomic mass is 28.4. The molecular formula is C13H23NO3Si. The van der Waals surface area contributed by atoms with Crippen LogP contribution in [0.2, 0.25) is 6.04 Å². The Hall–Kier alpha value is -0.883. The minimum atomic E-state index is -2.52. The molecule has 0 spiro atoms. The molecule has 0 radical (unpaired) electrons. The maximum absolute atomic E-state index is 5.83. The van der Waals surface area contributed by atoms with Gasteiger partial charge in [0.25, 0.3) is 0 Å². The van der Waals surface area contributed by atoms with Crippen LogP contribution in [0.5, 0.6) is 0 Å². The van der Waals surface area contributed by atoms with E-state index in [9.17, 15) is 0 Å². The maximum atomic E-state index is 5.83. The highest BCUT2D eigenvalue weighted by Gasteiger charge is 2.39. The minimum Gasteiger partial charge on any atom is -0.377 e. The number of nitrogens with one attached hydrogen (secondary N) is 1. The summed E-state index contributed by atoms with van der Waals surface area (Å²) in [5.74, 6) is 0.480. The van der Waals surface area contributed by atoms with Gasteiger partial charge < -0.3 is 18.6 Å². The van der Waals surface area contributed by atoms with Crippen molar-refractivity contribution in [3.05, 3.63) is 30.3 Å². The molecule has 0 heterocycles. The molecular weight excluding hydrogens is 246 g/mol. The third kappa shape index (κ3) is 4.78. The molecule has 0 aromatic heterocycles.